The number of ether oxygens (including phenoxy) is 3. The fraction of sp³-hybridized carbons (Fsp3) is 0.303. The fourth-order valence-electron chi connectivity index (χ4n) is 5.07. The van der Waals surface area contributed by atoms with E-state index in [0.29, 0.717) is 45.8 Å². The number of carbonyl (C=O) groups excluding carboxylic acids is 1. The molecule has 1 saturated heterocycles. The van der Waals surface area contributed by atoms with Gasteiger partial charge in [0.15, 0.2) is 23.1 Å². The lowest BCUT2D eigenvalue weighted by atomic mass is 10.1. The lowest BCUT2D eigenvalue weighted by Gasteiger charge is -2.32. The maximum Gasteiger partial charge on any atom is 0.417 e. The number of primary amides is 1. The first-order valence-electron chi connectivity index (χ1n) is 14.9. The van der Waals surface area contributed by atoms with Gasteiger partial charge in [0.1, 0.15) is 5.75 Å². The molecule has 4 aromatic rings. The average Bonchev–Trinajstić information content (AvgIpc) is 3.05. The Morgan fingerprint density at radius 2 is 1.81 bits per heavy atom. The number of hydrogen-bond acceptors (Lipinski definition) is 8. The second-order valence-corrected chi connectivity index (χ2v) is 11.4. The number of piperazine rings is 1. The first kappa shape index (κ1) is 34.7. The summed E-state index contributed by atoms with van der Waals surface area (Å²) in [6.07, 6.45) is -1.33. The normalized spacial score (nSPS) is 14.4. The number of fused-ring (bicyclic) bond motifs is 1. The fourth-order valence-corrected chi connectivity index (χ4v) is 5.29. The highest BCUT2D eigenvalue weighted by Crippen LogP contribution is 2.39. The van der Waals surface area contributed by atoms with Gasteiger partial charge in [-0.3, -0.25) is 4.98 Å². The van der Waals surface area contributed by atoms with Crippen LogP contribution in [0.1, 0.15) is 17.5 Å². The van der Waals surface area contributed by atoms with E-state index in [0.717, 1.165) is 63.6 Å². The third kappa shape index (κ3) is 8.43. The highest BCUT2D eigenvalue weighted by Gasteiger charge is 2.34. The number of hydrazone groups is 1. The number of nitrogens with zero attached hydrogens (tertiary/aromatic N) is 5. The number of benzene rings is 3. The summed E-state index contributed by atoms with van der Waals surface area (Å²) in [7, 11) is 3.65. The number of rotatable bonds is 11. The largest absolute Gasteiger partial charge is 0.493 e. The van der Waals surface area contributed by atoms with Crippen molar-refractivity contribution in [2.45, 2.75) is 12.6 Å². The van der Waals surface area contributed by atoms with Crippen molar-refractivity contribution in [3.63, 3.8) is 0 Å². The monoisotopic (exact) mass is 688 g/mol. The van der Waals surface area contributed by atoms with Gasteiger partial charge in [0, 0.05) is 50.4 Å². The molecule has 0 radical (unpaired) electrons. The van der Waals surface area contributed by atoms with Crippen LogP contribution in [0.3, 0.4) is 0 Å². The second kappa shape index (κ2) is 15.0. The molecule has 48 heavy (non-hydrogen) atoms. The summed E-state index contributed by atoms with van der Waals surface area (Å²) in [5.74, 6) is 0.410. The van der Waals surface area contributed by atoms with Gasteiger partial charge < -0.3 is 29.7 Å². The Kier molecular flexibility index (Phi) is 10.9. The predicted molar refractivity (Wildman–Crippen MR) is 175 cm³/mol. The third-order valence-corrected chi connectivity index (χ3v) is 8.00. The number of aromatic nitrogens is 1. The Labute approximate surface area is 279 Å². The minimum Gasteiger partial charge on any atom is -0.493 e. The summed E-state index contributed by atoms with van der Waals surface area (Å²) < 4.78 is 72.7. The Hall–Kier alpha value is -4.66. The van der Waals surface area contributed by atoms with Crippen LogP contribution in [0.4, 0.5) is 28.0 Å². The number of halogens is 5. The number of likely N-dealkylation sites (N-methyl/N-ethyl adjacent to an activating group) is 1. The number of methoxy groups -OCH3 is 1. The van der Waals surface area contributed by atoms with Gasteiger partial charge in [-0.25, -0.2) is 9.18 Å². The van der Waals surface area contributed by atoms with Gasteiger partial charge in [0.05, 0.1) is 41.7 Å². The van der Waals surface area contributed by atoms with Crippen molar-refractivity contribution in [1.29, 1.82) is 0 Å². The number of urea groups is 1. The molecule has 1 aliphatic rings. The highest BCUT2D eigenvalue weighted by atomic mass is 35.5. The van der Waals surface area contributed by atoms with Crippen LogP contribution in [0, 0.1) is 5.82 Å². The van der Waals surface area contributed by atoms with Gasteiger partial charge in [0.25, 0.3) is 0 Å². The van der Waals surface area contributed by atoms with Gasteiger partial charge in [-0.05, 0) is 67.6 Å². The maximum atomic E-state index is 15.2. The van der Waals surface area contributed by atoms with Gasteiger partial charge in [-0.2, -0.15) is 23.3 Å². The van der Waals surface area contributed by atoms with Crippen molar-refractivity contribution < 1.29 is 36.6 Å². The molecular weight excluding hydrogens is 656 g/mol. The zero-order valence-corrected chi connectivity index (χ0v) is 26.9. The minimum atomic E-state index is -4.77. The van der Waals surface area contributed by atoms with E-state index in [4.69, 9.17) is 31.5 Å². The standard InChI is InChI=1S/C33H33ClF4N6O4/c1-42-11-13-43(14-12-42)10-3-15-47-31-19-27-23(18-30(31)46-2)28(8-9-40-27)48-29-7-4-21(16-26(29)35)20-41-44(32(39)45)22-5-6-25(34)24(17-22)33(36,37)38/h4-9,16-20H,3,10-15H2,1-2H3,(H2,39,45). The topological polar surface area (TPSA) is 106 Å². The van der Waals surface area contributed by atoms with Gasteiger partial charge in [0.2, 0.25) is 0 Å². The summed E-state index contributed by atoms with van der Waals surface area (Å²) in [5, 5.41) is 4.41. The number of amides is 2. The van der Waals surface area contributed by atoms with Crippen LogP contribution in [0.15, 0.2) is 65.9 Å². The minimum absolute atomic E-state index is 0.123. The SMILES string of the molecule is COc1cc2c(Oc3ccc(C=NN(C(N)=O)c4ccc(Cl)c(C(F)(F)F)c4)cc3F)ccnc2cc1OCCCN1CCN(C)CC1. The smallest absolute Gasteiger partial charge is 0.417 e. The Balaban J connectivity index is 1.29. The van der Waals surface area contributed by atoms with E-state index in [9.17, 15) is 18.0 Å². The molecule has 254 valence electrons. The van der Waals surface area contributed by atoms with Crippen LogP contribution < -0.4 is 25.0 Å². The van der Waals surface area contributed by atoms with Gasteiger partial charge in [-0.15, -0.1) is 0 Å². The van der Waals surface area contributed by atoms with Crippen LogP contribution in [-0.4, -0.2) is 80.5 Å². The van der Waals surface area contributed by atoms with Crippen LogP contribution in [0.25, 0.3) is 10.9 Å². The van der Waals surface area contributed by atoms with Crippen LogP contribution in [-0.2, 0) is 6.18 Å². The van der Waals surface area contributed by atoms with Crippen LogP contribution in [0.2, 0.25) is 5.02 Å². The summed E-state index contributed by atoms with van der Waals surface area (Å²) in [6.45, 7) is 5.60. The van der Waals surface area contributed by atoms with E-state index < -0.39 is 28.6 Å². The summed E-state index contributed by atoms with van der Waals surface area (Å²) in [5.41, 5.74) is 4.62. The van der Waals surface area contributed by atoms with E-state index in [1.54, 1.807) is 18.2 Å². The number of carbonyl (C=O) groups is 1. The Bertz CT molecular complexity index is 1800. The molecule has 0 aliphatic carbocycles. The molecule has 0 unspecified atom stereocenters. The van der Waals surface area contributed by atoms with Gasteiger partial charge in [-0.1, -0.05) is 11.6 Å². The van der Waals surface area contributed by atoms with E-state index in [-0.39, 0.29) is 17.0 Å². The third-order valence-electron chi connectivity index (χ3n) is 7.67. The molecule has 10 nitrogen and oxygen atoms in total. The highest BCUT2D eigenvalue weighted by molar-refractivity contribution is 6.31. The molecule has 2 N–H and O–H groups in total. The lowest BCUT2D eigenvalue weighted by Crippen LogP contribution is -2.44. The second-order valence-electron chi connectivity index (χ2n) is 11.0. The molecule has 5 rings (SSSR count). The zero-order valence-electron chi connectivity index (χ0n) is 26.1. The molecule has 0 spiro atoms. The van der Waals surface area contributed by atoms with E-state index in [2.05, 4.69) is 26.9 Å². The van der Waals surface area contributed by atoms with E-state index in [1.807, 2.05) is 0 Å². The summed E-state index contributed by atoms with van der Waals surface area (Å²) in [6, 6.07) is 10.5. The summed E-state index contributed by atoms with van der Waals surface area (Å²) in [4.78, 5) is 21.1. The van der Waals surface area contributed by atoms with Crippen molar-refractivity contribution in [3.05, 3.63) is 82.8 Å². The quantitative estimate of drug-likeness (QED) is 0.0802. The molecule has 1 fully saturated rings. The van der Waals surface area contributed by atoms with Crippen molar-refractivity contribution >= 4 is 40.4 Å². The molecular formula is C33H33ClF4N6O4. The molecule has 3 aromatic carbocycles. The molecule has 1 aromatic heterocycles. The Morgan fingerprint density at radius 3 is 2.50 bits per heavy atom. The average molecular weight is 689 g/mol. The molecule has 0 saturated carbocycles. The predicted octanol–water partition coefficient (Wildman–Crippen LogP) is 6.78. The molecule has 1 aliphatic heterocycles. The van der Waals surface area contributed by atoms with E-state index >= 15 is 4.39 Å². The zero-order chi connectivity index (χ0) is 34.4. The van der Waals surface area contributed by atoms with Gasteiger partial charge >= 0.3 is 12.2 Å². The lowest BCUT2D eigenvalue weighted by molar-refractivity contribution is -0.137. The number of nitrogens with two attached hydrogens (primary N) is 1. The maximum absolute atomic E-state index is 15.2. The first-order valence-corrected chi connectivity index (χ1v) is 15.3. The molecule has 15 heteroatoms. The number of pyridine rings is 1. The van der Waals surface area contributed by atoms with Crippen molar-refractivity contribution in [2.75, 3.05) is 58.5 Å². The van der Waals surface area contributed by atoms with Crippen molar-refractivity contribution in [1.82, 2.24) is 14.8 Å². The number of anilines is 1. The number of alkyl halides is 3. The van der Waals surface area contributed by atoms with Crippen molar-refractivity contribution in [2.24, 2.45) is 10.8 Å². The van der Waals surface area contributed by atoms with Crippen molar-refractivity contribution in [3.8, 4) is 23.0 Å². The first-order chi connectivity index (χ1) is 22.9. The number of hydrogen-bond donors (Lipinski definition) is 1. The molecule has 0 atom stereocenters. The molecule has 2 amide bonds. The van der Waals surface area contributed by atoms with Crippen LogP contribution in [0.5, 0.6) is 23.0 Å². The molecule has 0 bridgehead atoms. The molecule has 2 heterocycles. The van der Waals surface area contributed by atoms with Crippen LogP contribution >= 0.6 is 11.6 Å². The Morgan fingerprint density at radius 1 is 1.04 bits per heavy atom. The van der Waals surface area contributed by atoms with E-state index in [1.165, 1.54) is 25.4 Å². The summed E-state index contributed by atoms with van der Waals surface area (Å²) >= 11 is 5.67.